The van der Waals surface area contributed by atoms with Gasteiger partial charge in [-0.3, -0.25) is 0 Å². The van der Waals surface area contributed by atoms with Gasteiger partial charge in [0.25, 0.3) is 0 Å². The predicted octanol–water partition coefficient (Wildman–Crippen LogP) is 0.678. The van der Waals surface area contributed by atoms with Gasteiger partial charge in [-0.05, 0) is 5.41 Å². The van der Waals surface area contributed by atoms with Crippen molar-refractivity contribution in [1.82, 2.24) is 5.32 Å². The Morgan fingerprint density at radius 2 is 2.07 bits per heavy atom. The van der Waals surface area contributed by atoms with Crippen LogP contribution in [0.2, 0.25) is 0 Å². The topological polar surface area (TPSA) is 78.8 Å². The van der Waals surface area contributed by atoms with E-state index in [1.165, 1.54) is 0 Å². The summed E-state index contributed by atoms with van der Waals surface area (Å²) in [5, 5.41) is 19.3. The van der Waals surface area contributed by atoms with E-state index in [0.29, 0.717) is 0 Å². The lowest BCUT2D eigenvalue weighted by Crippen LogP contribution is -2.41. The van der Waals surface area contributed by atoms with Gasteiger partial charge in [0.2, 0.25) is 0 Å². The summed E-state index contributed by atoms with van der Waals surface area (Å²) in [6, 6.07) is 0. The van der Waals surface area contributed by atoms with Gasteiger partial charge in [0.15, 0.2) is 0 Å². The van der Waals surface area contributed by atoms with E-state index in [1.54, 1.807) is 0 Å². The van der Waals surface area contributed by atoms with Gasteiger partial charge in [0, 0.05) is 6.54 Å². The zero-order chi connectivity index (χ0) is 11.2. The second-order valence-corrected chi connectivity index (χ2v) is 4.14. The monoisotopic (exact) mass is 205 g/mol. The first-order chi connectivity index (χ1) is 6.38. The van der Waals surface area contributed by atoms with Crippen molar-refractivity contribution in [3.05, 3.63) is 0 Å². The lowest BCUT2D eigenvalue weighted by atomic mass is 9.89. The van der Waals surface area contributed by atoms with Gasteiger partial charge in [-0.1, -0.05) is 20.8 Å². The van der Waals surface area contributed by atoms with Crippen LogP contribution in [0.25, 0.3) is 0 Å². The van der Waals surface area contributed by atoms with Crippen LogP contribution in [0.3, 0.4) is 0 Å². The average Bonchev–Trinajstić information content (AvgIpc) is 2.01. The Labute approximate surface area is 84.1 Å². The first kappa shape index (κ1) is 13.2. The molecule has 0 saturated heterocycles. The number of amides is 1. The molecule has 0 fully saturated rings. The van der Waals surface area contributed by atoms with Crippen LogP contribution < -0.4 is 5.32 Å². The Bertz CT molecular complexity index is 176. The summed E-state index contributed by atoms with van der Waals surface area (Å²) < 4.78 is 5.33. The van der Waals surface area contributed by atoms with Crippen molar-refractivity contribution < 1.29 is 19.7 Å². The van der Waals surface area contributed by atoms with E-state index < -0.39 is 6.09 Å². The van der Waals surface area contributed by atoms with Crippen molar-refractivity contribution in [3.8, 4) is 0 Å². The van der Waals surface area contributed by atoms with Crippen molar-refractivity contribution in [2.45, 2.75) is 26.9 Å². The van der Waals surface area contributed by atoms with Gasteiger partial charge in [-0.2, -0.15) is 0 Å². The number of nitrogens with one attached hydrogen (secondary N) is 1. The number of ether oxygens (including phenoxy) is 1. The highest BCUT2D eigenvalue weighted by Gasteiger charge is 2.25. The number of rotatable bonds is 5. The molecule has 0 aliphatic carbocycles. The predicted molar refractivity (Wildman–Crippen MR) is 52.3 cm³/mol. The van der Waals surface area contributed by atoms with Crippen LogP contribution in [0.4, 0.5) is 4.79 Å². The Kier molecular flexibility index (Phi) is 5.49. The molecule has 84 valence electrons. The molecule has 3 N–H and O–H groups in total. The first-order valence-corrected chi connectivity index (χ1v) is 4.57. The molecule has 5 nitrogen and oxygen atoms in total. The Morgan fingerprint density at radius 3 is 2.43 bits per heavy atom. The summed E-state index contributed by atoms with van der Waals surface area (Å²) in [4.78, 5) is 10.3. The van der Waals surface area contributed by atoms with Crippen molar-refractivity contribution >= 4 is 6.09 Å². The van der Waals surface area contributed by atoms with E-state index in [2.05, 4.69) is 5.32 Å². The molecule has 0 saturated carbocycles. The highest BCUT2D eigenvalue weighted by atomic mass is 16.5. The largest absolute Gasteiger partial charge is 0.465 e. The summed E-state index contributed by atoms with van der Waals surface area (Å²) in [6.07, 6.45) is -1.29. The fourth-order valence-corrected chi connectivity index (χ4v) is 0.990. The SMILES string of the molecule is CC(C)(C)C(CNC(=O)O)OCCO. The molecule has 0 aromatic carbocycles. The Balaban J connectivity index is 4.04. The zero-order valence-electron chi connectivity index (χ0n) is 8.91. The van der Waals surface area contributed by atoms with E-state index >= 15 is 0 Å². The number of hydrogen-bond acceptors (Lipinski definition) is 3. The summed E-state index contributed by atoms with van der Waals surface area (Å²) in [6.45, 7) is 6.28. The molecule has 0 rings (SSSR count). The molecule has 0 radical (unpaired) electrons. The minimum absolute atomic E-state index is 0.0559. The smallest absolute Gasteiger partial charge is 0.404 e. The van der Waals surface area contributed by atoms with Gasteiger partial charge in [-0.25, -0.2) is 4.79 Å². The van der Waals surface area contributed by atoms with E-state index in [9.17, 15) is 4.79 Å². The number of carbonyl (C=O) groups is 1. The second-order valence-electron chi connectivity index (χ2n) is 4.14. The summed E-state index contributed by atoms with van der Waals surface area (Å²) in [5.41, 5.74) is -0.155. The van der Waals surface area contributed by atoms with E-state index in [-0.39, 0.29) is 31.3 Å². The summed E-state index contributed by atoms with van der Waals surface area (Å²) >= 11 is 0. The van der Waals surface area contributed by atoms with Crippen LogP contribution >= 0.6 is 0 Å². The quantitative estimate of drug-likeness (QED) is 0.616. The van der Waals surface area contributed by atoms with Gasteiger partial charge in [-0.15, -0.1) is 0 Å². The Hall–Kier alpha value is -0.810. The molecule has 5 heteroatoms. The number of carboxylic acid groups (broad SMARTS) is 1. The minimum Gasteiger partial charge on any atom is -0.465 e. The van der Waals surface area contributed by atoms with Crippen molar-refractivity contribution in [3.63, 3.8) is 0 Å². The number of aliphatic hydroxyl groups excluding tert-OH is 1. The van der Waals surface area contributed by atoms with Gasteiger partial charge < -0.3 is 20.3 Å². The molecule has 1 unspecified atom stereocenters. The number of hydrogen-bond donors (Lipinski definition) is 3. The van der Waals surface area contributed by atoms with Crippen molar-refractivity contribution in [2.24, 2.45) is 5.41 Å². The van der Waals surface area contributed by atoms with Crippen LogP contribution in [-0.4, -0.2) is 42.2 Å². The molecular weight excluding hydrogens is 186 g/mol. The van der Waals surface area contributed by atoms with E-state index in [0.717, 1.165) is 0 Å². The second kappa shape index (κ2) is 5.82. The minimum atomic E-state index is -1.06. The average molecular weight is 205 g/mol. The molecule has 1 amide bonds. The van der Waals surface area contributed by atoms with Crippen LogP contribution in [0.1, 0.15) is 20.8 Å². The van der Waals surface area contributed by atoms with Crippen molar-refractivity contribution in [2.75, 3.05) is 19.8 Å². The molecule has 14 heavy (non-hydrogen) atoms. The van der Waals surface area contributed by atoms with E-state index in [1.807, 2.05) is 20.8 Å². The third-order valence-corrected chi connectivity index (χ3v) is 1.81. The molecule has 1 atom stereocenters. The van der Waals surface area contributed by atoms with Gasteiger partial charge in [0.05, 0.1) is 19.3 Å². The highest BCUT2D eigenvalue weighted by molar-refractivity contribution is 5.64. The van der Waals surface area contributed by atoms with Crippen molar-refractivity contribution in [1.29, 1.82) is 0 Å². The van der Waals surface area contributed by atoms with Crippen LogP contribution in [-0.2, 0) is 4.74 Å². The third-order valence-electron chi connectivity index (χ3n) is 1.81. The zero-order valence-corrected chi connectivity index (χ0v) is 8.91. The highest BCUT2D eigenvalue weighted by Crippen LogP contribution is 2.21. The maximum absolute atomic E-state index is 10.3. The molecular formula is C9H19NO4. The third kappa shape index (κ3) is 5.77. The molecule has 0 aliphatic heterocycles. The molecule has 0 heterocycles. The van der Waals surface area contributed by atoms with E-state index in [4.69, 9.17) is 14.9 Å². The normalized spacial score (nSPS) is 13.7. The molecule has 0 aromatic rings. The van der Waals surface area contributed by atoms with Crippen LogP contribution in [0.15, 0.2) is 0 Å². The molecule has 0 aliphatic rings. The fraction of sp³-hybridized carbons (Fsp3) is 0.889. The fourth-order valence-electron chi connectivity index (χ4n) is 0.990. The maximum atomic E-state index is 10.3. The maximum Gasteiger partial charge on any atom is 0.404 e. The van der Waals surface area contributed by atoms with Crippen LogP contribution in [0, 0.1) is 5.41 Å². The first-order valence-electron chi connectivity index (χ1n) is 4.57. The lowest BCUT2D eigenvalue weighted by Gasteiger charge is -2.30. The lowest BCUT2D eigenvalue weighted by molar-refractivity contribution is -0.0292. The summed E-state index contributed by atoms with van der Waals surface area (Å²) in [7, 11) is 0. The number of aliphatic hydroxyl groups is 1. The Morgan fingerprint density at radius 1 is 1.50 bits per heavy atom. The van der Waals surface area contributed by atoms with Crippen LogP contribution in [0.5, 0.6) is 0 Å². The van der Waals surface area contributed by atoms with Gasteiger partial charge >= 0.3 is 6.09 Å². The molecule has 0 aromatic heterocycles. The standard InChI is InChI=1S/C9H19NO4/c1-9(2,3)7(14-5-4-11)6-10-8(12)13/h7,10-11H,4-6H2,1-3H3,(H,12,13). The van der Waals surface area contributed by atoms with Gasteiger partial charge in [0.1, 0.15) is 0 Å². The molecule has 0 spiro atoms. The summed E-state index contributed by atoms with van der Waals surface area (Å²) in [5.74, 6) is 0. The molecule has 0 bridgehead atoms.